The Labute approximate surface area is 181 Å². The fourth-order valence-corrected chi connectivity index (χ4v) is 3.88. The second-order valence-electron chi connectivity index (χ2n) is 6.70. The summed E-state index contributed by atoms with van der Waals surface area (Å²) in [5.41, 5.74) is 10.5. The predicted octanol–water partition coefficient (Wildman–Crippen LogP) is 4.80. The van der Waals surface area contributed by atoms with Crippen LogP contribution in [0.3, 0.4) is 0 Å². The number of hydrazine groups is 1. The number of carbonyl (C=O) groups excluding carboxylic acids is 1. The lowest BCUT2D eigenvalue weighted by molar-refractivity contribution is 0.169. The largest absolute Gasteiger partial charge is 0.448 e. The van der Waals surface area contributed by atoms with Crippen LogP contribution in [0.2, 0.25) is 0 Å². The molecule has 0 aliphatic heterocycles. The van der Waals surface area contributed by atoms with Crippen LogP contribution in [0.1, 0.15) is 11.1 Å². The topological polar surface area (TPSA) is 93.6 Å². The number of nitrogens with zero attached hydrogens (tertiary/aromatic N) is 1. The number of thioether (sulfide) groups is 1. The number of para-hydroxylation sites is 3. The standard InChI is InChI=1S/C23H26N4O2S/c1-17-18(16-27(25)21-12-6-5-11-20(21)24)8-7-13-22(17)30-15-14-29-23(28)26-19-9-3-2-4-10-19/h2-13H,14-16,24-25H2,1H3,(H,26,28). The van der Waals surface area contributed by atoms with Gasteiger partial charge in [0.25, 0.3) is 0 Å². The van der Waals surface area contributed by atoms with Crippen LogP contribution < -0.4 is 21.9 Å². The Kier molecular flexibility index (Phi) is 7.59. The second-order valence-corrected chi connectivity index (χ2v) is 7.84. The number of rotatable bonds is 8. The maximum Gasteiger partial charge on any atom is 0.411 e. The van der Waals surface area contributed by atoms with Crippen molar-refractivity contribution in [3.8, 4) is 0 Å². The van der Waals surface area contributed by atoms with Gasteiger partial charge in [0.05, 0.1) is 17.9 Å². The van der Waals surface area contributed by atoms with Crippen molar-refractivity contribution in [3.63, 3.8) is 0 Å². The third-order valence-electron chi connectivity index (χ3n) is 4.58. The number of carbonyl (C=O) groups is 1. The van der Waals surface area contributed by atoms with E-state index in [2.05, 4.69) is 24.4 Å². The van der Waals surface area contributed by atoms with Crippen molar-refractivity contribution in [2.75, 3.05) is 28.4 Å². The van der Waals surface area contributed by atoms with E-state index in [4.69, 9.17) is 16.3 Å². The van der Waals surface area contributed by atoms with Crippen LogP contribution in [0, 0.1) is 6.92 Å². The molecule has 3 rings (SSSR count). The van der Waals surface area contributed by atoms with Crippen LogP contribution in [0.5, 0.6) is 0 Å². The van der Waals surface area contributed by atoms with Crippen LogP contribution >= 0.6 is 11.8 Å². The molecule has 0 heterocycles. The number of anilines is 3. The van der Waals surface area contributed by atoms with Gasteiger partial charge >= 0.3 is 6.09 Å². The lowest BCUT2D eigenvalue weighted by atomic mass is 10.1. The Hall–Kier alpha value is -3.16. The zero-order valence-corrected chi connectivity index (χ0v) is 17.7. The number of nitrogen functional groups attached to an aromatic ring is 1. The molecule has 0 saturated carbocycles. The van der Waals surface area contributed by atoms with E-state index in [9.17, 15) is 4.79 Å². The smallest absolute Gasteiger partial charge is 0.411 e. The molecule has 0 aliphatic rings. The van der Waals surface area contributed by atoms with E-state index in [-0.39, 0.29) is 0 Å². The average molecular weight is 423 g/mol. The van der Waals surface area contributed by atoms with Gasteiger partial charge in [-0.2, -0.15) is 0 Å². The maximum absolute atomic E-state index is 11.9. The minimum Gasteiger partial charge on any atom is -0.448 e. The molecule has 0 atom stereocenters. The van der Waals surface area contributed by atoms with Gasteiger partial charge in [0.1, 0.15) is 6.61 Å². The van der Waals surface area contributed by atoms with Gasteiger partial charge < -0.3 is 15.5 Å². The van der Waals surface area contributed by atoms with Gasteiger partial charge in [-0.3, -0.25) is 5.32 Å². The van der Waals surface area contributed by atoms with Crippen LogP contribution in [-0.2, 0) is 11.3 Å². The first-order valence-electron chi connectivity index (χ1n) is 9.61. The van der Waals surface area contributed by atoms with Crippen molar-refractivity contribution in [1.82, 2.24) is 0 Å². The Morgan fingerprint density at radius 3 is 2.53 bits per heavy atom. The summed E-state index contributed by atoms with van der Waals surface area (Å²) in [5, 5.41) is 4.36. The minimum atomic E-state index is -0.452. The molecular weight excluding hydrogens is 396 g/mol. The maximum atomic E-state index is 11.9. The highest BCUT2D eigenvalue weighted by Crippen LogP contribution is 2.27. The molecule has 156 valence electrons. The molecule has 5 N–H and O–H groups in total. The number of hydrogen-bond donors (Lipinski definition) is 3. The van der Waals surface area contributed by atoms with Gasteiger partial charge in [-0.1, -0.05) is 42.5 Å². The summed E-state index contributed by atoms with van der Waals surface area (Å²) in [5.74, 6) is 6.90. The number of hydrogen-bond acceptors (Lipinski definition) is 6. The van der Waals surface area contributed by atoms with Gasteiger partial charge in [-0.15, -0.1) is 11.8 Å². The van der Waals surface area contributed by atoms with E-state index in [1.807, 2.05) is 60.7 Å². The summed E-state index contributed by atoms with van der Waals surface area (Å²) in [6.07, 6.45) is -0.452. The Morgan fingerprint density at radius 2 is 1.77 bits per heavy atom. The van der Waals surface area contributed by atoms with Gasteiger partial charge in [0.2, 0.25) is 0 Å². The van der Waals surface area contributed by atoms with Crippen LogP contribution in [0.15, 0.2) is 77.7 Å². The molecule has 3 aromatic rings. The molecule has 0 spiro atoms. The molecule has 0 saturated heterocycles. The number of benzene rings is 3. The highest BCUT2D eigenvalue weighted by Gasteiger charge is 2.10. The van der Waals surface area contributed by atoms with E-state index >= 15 is 0 Å². The lowest BCUT2D eigenvalue weighted by Gasteiger charge is -2.22. The number of nitrogens with two attached hydrogens (primary N) is 2. The third kappa shape index (κ3) is 5.92. The third-order valence-corrected chi connectivity index (χ3v) is 5.70. The van der Waals surface area contributed by atoms with Gasteiger partial charge in [0.15, 0.2) is 0 Å². The van der Waals surface area contributed by atoms with Crippen LogP contribution in [0.4, 0.5) is 21.9 Å². The van der Waals surface area contributed by atoms with Crippen molar-refractivity contribution in [2.45, 2.75) is 18.4 Å². The average Bonchev–Trinajstić information content (AvgIpc) is 2.74. The van der Waals surface area contributed by atoms with Crippen molar-refractivity contribution in [2.24, 2.45) is 5.84 Å². The van der Waals surface area contributed by atoms with Crippen molar-refractivity contribution < 1.29 is 9.53 Å². The zero-order chi connectivity index (χ0) is 21.3. The van der Waals surface area contributed by atoms with E-state index in [0.29, 0.717) is 30.3 Å². The first kappa shape index (κ1) is 21.5. The highest BCUT2D eigenvalue weighted by atomic mass is 32.2. The summed E-state index contributed by atoms with van der Waals surface area (Å²) in [6, 6.07) is 22.9. The molecule has 0 radical (unpaired) electrons. The molecule has 30 heavy (non-hydrogen) atoms. The van der Waals surface area contributed by atoms with Crippen LogP contribution in [0.25, 0.3) is 0 Å². The Balaban J connectivity index is 1.51. The molecular formula is C23H26N4O2S. The van der Waals surface area contributed by atoms with Crippen LogP contribution in [-0.4, -0.2) is 18.5 Å². The summed E-state index contributed by atoms with van der Waals surface area (Å²) in [7, 11) is 0. The first-order valence-corrected chi connectivity index (χ1v) is 10.6. The van der Waals surface area contributed by atoms with E-state index in [1.54, 1.807) is 16.8 Å². The molecule has 3 aromatic carbocycles. The van der Waals surface area contributed by atoms with Gasteiger partial charge in [-0.25, -0.2) is 10.6 Å². The second kappa shape index (κ2) is 10.6. The molecule has 0 aliphatic carbocycles. The molecule has 1 amide bonds. The zero-order valence-electron chi connectivity index (χ0n) is 16.9. The molecule has 0 fully saturated rings. The van der Waals surface area contributed by atoms with Crippen molar-refractivity contribution >= 4 is 34.9 Å². The van der Waals surface area contributed by atoms with E-state index in [1.165, 1.54) is 0 Å². The number of nitrogens with one attached hydrogen (secondary N) is 1. The van der Waals surface area contributed by atoms with Gasteiger partial charge in [0, 0.05) is 16.3 Å². The molecule has 7 heteroatoms. The molecule has 0 unspecified atom stereocenters. The normalized spacial score (nSPS) is 10.5. The first-order chi connectivity index (χ1) is 14.5. The van der Waals surface area contributed by atoms with Gasteiger partial charge in [-0.05, 0) is 48.4 Å². The Morgan fingerprint density at radius 1 is 1.03 bits per heavy atom. The van der Waals surface area contributed by atoms with Crippen molar-refractivity contribution in [3.05, 3.63) is 83.9 Å². The summed E-state index contributed by atoms with van der Waals surface area (Å²) in [6.45, 7) is 2.93. The van der Waals surface area contributed by atoms with E-state index in [0.717, 1.165) is 21.7 Å². The highest BCUT2D eigenvalue weighted by molar-refractivity contribution is 7.99. The predicted molar refractivity (Wildman–Crippen MR) is 125 cm³/mol. The summed E-state index contributed by atoms with van der Waals surface area (Å²) < 4.78 is 5.26. The quantitative estimate of drug-likeness (QED) is 0.159. The molecule has 0 bridgehead atoms. The fourth-order valence-electron chi connectivity index (χ4n) is 2.97. The molecule has 0 aromatic heterocycles. The number of amides is 1. The minimum absolute atomic E-state index is 0.316. The van der Waals surface area contributed by atoms with E-state index < -0.39 is 6.09 Å². The summed E-state index contributed by atoms with van der Waals surface area (Å²) in [4.78, 5) is 13.0. The SMILES string of the molecule is Cc1c(CN(N)c2ccccc2N)cccc1SCCOC(=O)Nc1ccccc1. The monoisotopic (exact) mass is 422 g/mol. The summed E-state index contributed by atoms with van der Waals surface area (Å²) >= 11 is 1.65. The number of ether oxygens (including phenoxy) is 1. The van der Waals surface area contributed by atoms with Crippen molar-refractivity contribution in [1.29, 1.82) is 0 Å². The Bertz CT molecular complexity index is 982. The fraction of sp³-hybridized carbons (Fsp3) is 0.174. The molecule has 6 nitrogen and oxygen atoms in total. The lowest BCUT2D eigenvalue weighted by Crippen LogP contribution is -2.31.